The van der Waals surface area contributed by atoms with Crippen LogP contribution in [0, 0.1) is 5.92 Å². The van der Waals surface area contributed by atoms with Gasteiger partial charge in [-0.25, -0.2) is 9.98 Å². The molecular weight excluding hydrogens is 725 g/mol. The van der Waals surface area contributed by atoms with Gasteiger partial charge in [-0.3, -0.25) is 9.59 Å². The highest BCUT2D eigenvalue weighted by Crippen LogP contribution is 2.46. The van der Waals surface area contributed by atoms with Crippen molar-refractivity contribution in [1.29, 1.82) is 0 Å². The number of carbonyl (C=O) groups excluding carboxylic acids is 2. The molecule has 4 aromatic carbocycles. The van der Waals surface area contributed by atoms with E-state index in [1.165, 1.54) is 10.6 Å². The van der Waals surface area contributed by atoms with Gasteiger partial charge in [0, 0.05) is 107 Å². The Hall–Kier alpha value is -4.78. The van der Waals surface area contributed by atoms with E-state index in [9.17, 15) is 9.59 Å². The molecule has 0 aliphatic carbocycles. The van der Waals surface area contributed by atoms with Crippen molar-refractivity contribution in [2.24, 2.45) is 15.9 Å². The Kier molecular flexibility index (Phi) is 11.2. The van der Waals surface area contributed by atoms with Gasteiger partial charge in [0.15, 0.2) is 0 Å². The lowest BCUT2D eigenvalue weighted by Crippen LogP contribution is -2.49. The summed E-state index contributed by atoms with van der Waals surface area (Å²) in [5, 5.41) is 9.57. The van der Waals surface area contributed by atoms with Gasteiger partial charge in [0.25, 0.3) is 11.8 Å². The number of amides is 2. The zero-order valence-electron chi connectivity index (χ0n) is 31.7. The Bertz CT molecular complexity index is 2150. The number of nitrogens with zero attached hydrogens (tertiary/aromatic N) is 5. The van der Waals surface area contributed by atoms with Gasteiger partial charge in [0.05, 0.1) is 17.1 Å². The van der Waals surface area contributed by atoms with E-state index in [0.29, 0.717) is 30.1 Å². The molecule has 55 heavy (non-hydrogen) atoms. The van der Waals surface area contributed by atoms with Crippen molar-refractivity contribution < 1.29 is 9.59 Å². The molecule has 0 spiro atoms. The monoisotopic (exact) mass is 772 g/mol. The second-order valence-corrected chi connectivity index (χ2v) is 16.8. The van der Waals surface area contributed by atoms with Crippen molar-refractivity contribution in [3.8, 4) is 0 Å². The molecule has 0 bridgehead atoms. The topological polar surface area (TPSA) is 105 Å². The van der Waals surface area contributed by atoms with E-state index >= 15 is 0 Å². The molecule has 12 heteroatoms. The van der Waals surface area contributed by atoms with Crippen LogP contribution in [0.3, 0.4) is 0 Å². The smallest absolute Gasteiger partial charge is 0.251 e. The molecule has 0 aromatic heterocycles. The summed E-state index contributed by atoms with van der Waals surface area (Å²) in [7, 11) is 0. The van der Waals surface area contributed by atoms with E-state index in [-0.39, 0.29) is 11.8 Å². The van der Waals surface area contributed by atoms with Crippen LogP contribution >= 0.6 is 23.5 Å². The van der Waals surface area contributed by atoms with Crippen LogP contribution in [0.25, 0.3) is 0 Å². The van der Waals surface area contributed by atoms with E-state index in [1.807, 2.05) is 30.3 Å². The largest absolute Gasteiger partial charge is 0.367 e. The number of benzene rings is 4. The molecule has 3 N–H and O–H groups in total. The average Bonchev–Trinajstić information content (AvgIpc) is 3.49. The molecule has 0 saturated carbocycles. The fraction of sp³-hybridized carbons (Fsp3) is 0.349. The number of carbonyl (C=O) groups is 2. The first-order chi connectivity index (χ1) is 26.9. The minimum atomic E-state index is -0.0702. The second-order valence-electron chi connectivity index (χ2n) is 14.7. The van der Waals surface area contributed by atoms with Crippen molar-refractivity contribution in [1.82, 2.24) is 25.8 Å². The lowest BCUT2D eigenvalue weighted by Gasteiger charge is -2.39. The number of nitrogens with one attached hydrogen (secondary N) is 3. The minimum absolute atomic E-state index is 0.0653. The Morgan fingerprint density at radius 3 is 1.98 bits per heavy atom. The summed E-state index contributed by atoms with van der Waals surface area (Å²) >= 11 is 3.46. The maximum atomic E-state index is 13.1. The maximum Gasteiger partial charge on any atom is 0.251 e. The summed E-state index contributed by atoms with van der Waals surface area (Å²) in [6, 6.07) is 26.9. The Morgan fingerprint density at radius 2 is 1.29 bits per heavy atom. The first-order valence-corrected chi connectivity index (χ1v) is 21.1. The Labute approximate surface area is 332 Å². The summed E-state index contributed by atoms with van der Waals surface area (Å²) in [5.74, 6) is 2.15. The first kappa shape index (κ1) is 37.2. The zero-order chi connectivity index (χ0) is 37.9. The Morgan fingerprint density at radius 1 is 0.691 bits per heavy atom. The molecule has 2 fully saturated rings. The highest BCUT2D eigenvalue weighted by atomic mass is 32.2. The second kappa shape index (κ2) is 16.5. The molecule has 2 saturated heterocycles. The van der Waals surface area contributed by atoms with Gasteiger partial charge in [0.2, 0.25) is 0 Å². The number of aliphatic imine (C=N–C) groups is 2. The lowest BCUT2D eigenvalue weighted by atomic mass is 10.1. The van der Waals surface area contributed by atoms with Gasteiger partial charge in [-0.05, 0) is 66.9 Å². The van der Waals surface area contributed by atoms with Gasteiger partial charge in [0.1, 0.15) is 11.7 Å². The molecule has 2 amide bonds. The van der Waals surface area contributed by atoms with Crippen LogP contribution in [0.15, 0.2) is 108 Å². The van der Waals surface area contributed by atoms with Gasteiger partial charge in [-0.15, -0.1) is 0 Å². The van der Waals surface area contributed by atoms with Crippen molar-refractivity contribution in [2.75, 3.05) is 70.3 Å². The zero-order valence-corrected chi connectivity index (χ0v) is 33.4. The van der Waals surface area contributed by atoms with Crippen molar-refractivity contribution >= 4 is 64.1 Å². The number of fused-ring (bicyclic) bond motifs is 4. The highest BCUT2D eigenvalue weighted by Gasteiger charge is 2.30. The molecule has 4 aliphatic rings. The summed E-state index contributed by atoms with van der Waals surface area (Å²) in [6.07, 6.45) is 0.887. The highest BCUT2D eigenvalue weighted by molar-refractivity contribution is 8.00. The van der Waals surface area contributed by atoms with Crippen LogP contribution in [0.2, 0.25) is 0 Å². The Balaban J connectivity index is 1.09. The molecule has 8 rings (SSSR count). The number of hydrogen-bond acceptors (Lipinski definition) is 10. The van der Waals surface area contributed by atoms with Crippen LogP contribution in [-0.2, 0) is 0 Å². The van der Waals surface area contributed by atoms with Gasteiger partial charge >= 0.3 is 0 Å². The molecule has 4 heterocycles. The predicted molar refractivity (Wildman–Crippen MR) is 224 cm³/mol. The number of anilines is 1. The summed E-state index contributed by atoms with van der Waals surface area (Å²) < 4.78 is 0. The predicted octanol–water partition coefficient (Wildman–Crippen LogP) is 7.03. The van der Waals surface area contributed by atoms with Crippen molar-refractivity contribution in [2.45, 2.75) is 46.8 Å². The van der Waals surface area contributed by atoms with Crippen LogP contribution in [-0.4, -0.2) is 98.7 Å². The molecule has 0 radical (unpaired) electrons. The molecule has 4 aromatic rings. The average molecular weight is 773 g/mol. The van der Waals surface area contributed by atoms with Gasteiger partial charge in [-0.1, -0.05) is 68.6 Å². The van der Waals surface area contributed by atoms with E-state index < -0.39 is 0 Å². The lowest BCUT2D eigenvalue weighted by molar-refractivity contribution is 0.0943. The standard InChI is InChI=1S/C43H48N8O2S2/c1-4-16-45-42(52)29-13-15-38-34(25-29)48-41(50-19-17-44-18-20-50)32-9-7-10-35(39(32)55-38)49-21-23-51(24-22-49)40-31-8-5-6-11-36(31)54-37-14-12-30(26-33(37)47-40)43(53)46-27-28(2)3/h5-15,25-26,28,44H,4,16-24,27H2,1-3H3,(H,45,52)(H,46,53). The summed E-state index contributed by atoms with van der Waals surface area (Å²) in [4.78, 5) is 48.4. The number of rotatable bonds is 7. The molecule has 0 unspecified atom stereocenters. The van der Waals surface area contributed by atoms with E-state index in [4.69, 9.17) is 9.98 Å². The van der Waals surface area contributed by atoms with Gasteiger partial charge in [-0.2, -0.15) is 0 Å². The third-order valence-corrected chi connectivity index (χ3v) is 12.6. The molecule has 0 atom stereocenters. The van der Waals surface area contributed by atoms with E-state index in [0.717, 1.165) is 108 Å². The maximum absolute atomic E-state index is 13.1. The first-order valence-electron chi connectivity index (χ1n) is 19.4. The molecule has 284 valence electrons. The summed E-state index contributed by atoms with van der Waals surface area (Å²) in [6.45, 7) is 14.3. The van der Waals surface area contributed by atoms with E-state index in [2.05, 4.69) is 100.0 Å². The molecule has 4 aliphatic heterocycles. The van der Waals surface area contributed by atoms with E-state index in [1.54, 1.807) is 23.5 Å². The summed E-state index contributed by atoms with van der Waals surface area (Å²) in [5.41, 5.74) is 6.36. The molecular formula is C43H48N8O2S2. The minimum Gasteiger partial charge on any atom is -0.367 e. The third kappa shape index (κ3) is 7.99. The van der Waals surface area contributed by atoms with Crippen LogP contribution in [0.4, 0.5) is 17.1 Å². The number of hydrogen-bond donors (Lipinski definition) is 3. The van der Waals surface area contributed by atoms with Crippen LogP contribution in [0.1, 0.15) is 59.0 Å². The number of piperazine rings is 2. The molecule has 10 nitrogen and oxygen atoms in total. The van der Waals surface area contributed by atoms with Crippen molar-refractivity contribution in [3.63, 3.8) is 0 Å². The van der Waals surface area contributed by atoms with Gasteiger partial charge < -0.3 is 30.7 Å². The van der Waals surface area contributed by atoms with Crippen LogP contribution < -0.4 is 20.9 Å². The fourth-order valence-electron chi connectivity index (χ4n) is 7.30. The number of amidine groups is 2. The SMILES string of the molecule is CCCNC(=O)c1ccc2c(c1)N=C(N1CCNCC1)c1cccc(N3CCN(C4=Nc5cc(C(=O)NCC(C)C)ccc5Sc5ccccc54)CC3)c1S2. The quantitative estimate of drug-likeness (QED) is 0.184. The van der Waals surface area contributed by atoms with Crippen molar-refractivity contribution in [3.05, 3.63) is 101 Å². The fourth-order valence-corrected chi connectivity index (χ4v) is 9.43. The van der Waals surface area contributed by atoms with Crippen LogP contribution in [0.5, 0.6) is 0 Å². The third-order valence-electron chi connectivity index (χ3n) is 10.2. The normalized spacial score (nSPS) is 16.5.